The van der Waals surface area contributed by atoms with Gasteiger partial charge in [-0.05, 0) is 31.4 Å². The number of methoxy groups -OCH3 is 3. The lowest BCUT2D eigenvalue weighted by Crippen LogP contribution is -2.44. The Morgan fingerprint density at radius 2 is 1.52 bits per heavy atom. The van der Waals surface area contributed by atoms with E-state index in [0.717, 1.165) is 31.4 Å². The maximum absolute atomic E-state index is 5.82. The first-order valence-electron chi connectivity index (χ1n) is 10.3. The van der Waals surface area contributed by atoms with Crippen molar-refractivity contribution in [1.82, 2.24) is 0 Å². The lowest BCUT2D eigenvalue weighted by Gasteiger charge is -2.36. The summed E-state index contributed by atoms with van der Waals surface area (Å²) in [6.45, 7) is 2.87. The molecule has 0 fully saturated rings. The number of rotatable bonds is 16. The predicted molar refractivity (Wildman–Crippen MR) is 111 cm³/mol. The van der Waals surface area contributed by atoms with Gasteiger partial charge in [0.2, 0.25) is 0 Å². The molecule has 1 rings (SSSR count). The Morgan fingerprint density at radius 3 is 2.15 bits per heavy atom. The first-order chi connectivity index (χ1) is 13.1. The van der Waals surface area contributed by atoms with E-state index in [2.05, 4.69) is 6.92 Å². The second-order valence-corrected chi connectivity index (χ2v) is 7.03. The summed E-state index contributed by atoms with van der Waals surface area (Å²) in [6, 6.07) is 7.52. The predicted octanol–water partition coefficient (Wildman–Crippen LogP) is 5.39. The van der Waals surface area contributed by atoms with Gasteiger partial charge in [-0.3, -0.25) is 0 Å². The minimum absolute atomic E-state index is 0.160. The summed E-state index contributed by atoms with van der Waals surface area (Å²) in [6.07, 6.45) is 10.4. The number of ether oxygens (including phenoxy) is 4. The summed E-state index contributed by atoms with van der Waals surface area (Å²) in [5.74, 6) is -0.0206. The summed E-state index contributed by atoms with van der Waals surface area (Å²) >= 11 is 0. The van der Waals surface area contributed by atoms with E-state index in [4.69, 9.17) is 24.7 Å². The van der Waals surface area contributed by atoms with Crippen LogP contribution in [0.4, 0.5) is 5.69 Å². The van der Waals surface area contributed by atoms with Gasteiger partial charge >= 0.3 is 0 Å². The Balaban J connectivity index is 2.49. The van der Waals surface area contributed by atoms with Gasteiger partial charge in [-0.25, -0.2) is 0 Å². The Bertz CT molecular complexity index is 483. The van der Waals surface area contributed by atoms with Crippen LogP contribution in [0.1, 0.15) is 64.7 Å². The van der Waals surface area contributed by atoms with Gasteiger partial charge in [0.15, 0.2) is 0 Å². The van der Waals surface area contributed by atoms with Crippen molar-refractivity contribution in [1.29, 1.82) is 0 Å². The van der Waals surface area contributed by atoms with Crippen LogP contribution in [0.3, 0.4) is 0 Å². The number of unbranched alkanes of at least 4 members (excludes halogenated alkanes) is 5. The molecule has 0 aliphatic rings. The largest absolute Gasteiger partial charge is 0.494 e. The number of benzene rings is 1. The molecule has 1 unspecified atom stereocenters. The molecule has 0 spiro atoms. The SMILES string of the molecule is CCCCCCCCC(CCCOc1cccc(N)c1)C(OC)(OC)OC. The van der Waals surface area contributed by atoms with E-state index in [1.54, 1.807) is 21.3 Å². The fraction of sp³-hybridized carbons (Fsp3) is 0.727. The first kappa shape index (κ1) is 23.7. The summed E-state index contributed by atoms with van der Waals surface area (Å²) < 4.78 is 22.7. The molecule has 0 aromatic heterocycles. The van der Waals surface area contributed by atoms with Crippen molar-refractivity contribution in [3.63, 3.8) is 0 Å². The molecule has 1 aromatic carbocycles. The van der Waals surface area contributed by atoms with E-state index in [9.17, 15) is 0 Å². The maximum atomic E-state index is 5.82. The Kier molecular flexibility index (Phi) is 12.1. The van der Waals surface area contributed by atoms with E-state index in [-0.39, 0.29) is 5.92 Å². The lowest BCUT2D eigenvalue weighted by atomic mass is 9.93. The summed E-state index contributed by atoms with van der Waals surface area (Å²) in [4.78, 5) is 0. The summed E-state index contributed by atoms with van der Waals surface area (Å²) in [7, 11) is 4.93. The molecule has 0 radical (unpaired) electrons. The van der Waals surface area contributed by atoms with Crippen LogP contribution >= 0.6 is 0 Å². The van der Waals surface area contributed by atoms with Crippen molar-refractivity contribution < 1.29 is 18.9 Å². The first-order valence-corrected chi connectivity index (χ1v) is 10.3. The van der Waals surface area contributed by atoms with Gasteiger partial charge in [0.05, 0.1) is 6.61 Å². The molecule has 0 bridgehead atoms. The summed E-state index contributed by atoms with van der Waals surface area (Å²) in [5.41, 5.74) is 6.50. The molecule has 0 saturated heterocycles. The van der Waals surface area contributed by atoms with Crippen LogP contribution in [-0.2, 0) is 14.2 Å². The van der Waals surface area contributed by atoms with Crippen LogP contribution in [0, 0.1) is 5.92 Å². The monoisotopic (exact) mass is 381 g/mol. The highest BCUT2D eigenvalue weighted by Crippen LogP contribution is 2.32. The van der Waals surface area contributed by atoms with Crippen molar-refractivity contribution in [3.05, 3.63) is 24.3 Å². The molecule has 0 aliphatic heterocycles. The van der Waals surface area contributed by atoms with Crippen LogP contribution in [0.5, 0.6) is 5.75 Å². The zero-order valence-electron chi connectivity index (χ0n) is 17.7. The molecule has 0 saturated carbocycles. The number of nitrogen functional groups attached to an aromatic ring is 1. The molecule has 5 heteroatoms. The van der Waals surface area contributed by atoms with Gasteiger partial charge in [-0.1, -0.05) is 51.5 Å². The fourth-order valence-electron chi connectivity index (χ4n) is 3.54. The van der Waals surface area contributed by atoms with Crippen molar-refractivity contribution in [2.24, 2.45) is 5.92 Å². The standard InChI is InChI=1S/C22H39NO4/c1-5-6-7-8-9-10-13-19(22(24-2,25-3)26-4)14-12-17-27-21-16-11-15-20(23)18-21/h11,15-16,18-19H,5-10,12-14,17,23H2,1-4H3. The average Bonchev–Trinajstić information content (AvgIpc) is 2.68. The molecule has 5 nitrogen and oxygen atoms in total. The van der Waals surface area contributed by atoms with E-state index in [1.807, 2.05) is 24.3 Å². The molecule has 27 heavy (non-hydrogen) atoms. The van der Waals surface area contributed by atoms with Crippen molar-refractivity contribution >= 4 is 5.69 Å². The van der Waals surface area contributed by atoms with Gasteiger partial charge in [0, 0.05) is 39.0 Å². The smallest absolute Gasteiger partial charge is 0.285 e. The number of anilines is 1. The third-order valence-corrected chi connectivity index (χ3v) is 5.08. The maximum Gasteiger partial charge on any atom is 0.285 e. The van der Waals surface area contributed by atoms with Crippen LogP contribution in [0.15, 0.2) is 24.3 Å². The van der Waals surface area contributed by atoms with Gasteiger partial charge < -0.3 is 24.7 Å². The number of hydrogen-bond donors (Lipinski definition) is 1. The highest BCUT2D eigenvalue weighted by atomic mass is 16.9. The molecule has 156 valence electrons. The minimum atomic E-state index is -0.986. The quantitative estimate of drug-likeness (QED) is 0.236. The van der Waals surface area contributed by atoms with Crippen LogP contribution < -0.4 is 10.5 Å². The van der Waals surface area contributed by atoms with E-state index < -0.39 is 5.97 Å². The molecule has 2 N–H and O–H groups in total. The van der Waals surface area contributed by atoms with Crippen molar-refractivity contribution in [2.45, 2.75) is 70.7 Å². The van der Waals surface area contributed by atoms with Gasteiger partial charge in [-0.2, -0.15) is 0 Å². The van der Waals surface area contributed by atoms with E-state index >= 15 is 0 Å². The zero-order chi connectivity index (χ0) is 20.0. The molecule has 0 heterocycles. The number of hydrogen-bond acceptors (Lipinski definition) is 5. The normalized spacial score (nSPS) is 12.9. The Morgan fingerprint density at radius 1 is 0.889 bits per heavy atom. The fourth-order valence-corrected chi connectivity index (χ4v) is 3.54. The number of nitrogens with two attached hydrogens (primary N) is 1. The third-order valence-electron chi connectivity index (χ3n) is 5.08. The molecule has 0 amide bonds. The summed E-state index contributed by atoms with van der Waals surface area (Å²) in [5, 5.41) is 0. The van der Waals surface area contributed by atoms with Crippen LogP contribution in [0.25, 0.3) is 0 Å². The molecule has 0 aliphatic carbocycles. The van der Waals surface area contributed by atoms with Crippen LogP contribution in [-0.4, -0.2) is 33.9 Å². The van der Waals surface area contributed by atoms with Crippen molar-refractivity contribution in [2.75, 3.05) is 33.7 Å². The molecular weight excluding hydrogens is 342 g/mol. The third kappa shape index (κ3) is 8.50. The topological polar surface area (TPSA) is 62.9 Å². The molecule has 1 atom stereocenters. The van der Waals surface area contributed by atoms with E-state index in [1.165, 1.54) is 32.1 Å². The van der Waals surface area contributed by atoms with Gasteiger partial charge in [-0.15, -0.1) is 0 Å². The minimum Gasteiger partial charge on any atom is -0.494 e. The van der Waals surface area contributed by atoms with Crippen molar-refractivity contribution in [3.8, 4) is 5.75 Å². The second kappa shape index (κ2) is 13.8. The second-order valence-electron chi connectivity index (χ2n) is 7.03. The van der Waals surface area contributed by atoms with Crippen LogP contribution in [0.2, 0.25) is 0 Å². The zero-order valence-corrected chi connectivity index (χ0v) is 17.7. The average molecular weight is 382 g/mol. The Hall–Kier alpha value is -1.30. The molecular formula is C22H39NO4. The molecule has 1 aromatic rings. The van der Waals surface area contributed by atoms with Gasteiger partial charge in [0.25, 0.3) is 5.97 Å². The lowest BCUT2D eigenvalue weighted by molar-refractivity contribution is -0.380. The highest BCUT2D eigenvalue weighted by molar-refractivity contribution is 5.43. The Labute approximate surface area is 165 Å². The van der Waals surface area contributed by atoms with E-state index in [0.29, 0.717) is 12.3 Å². The highest BCUT2D eigenvalue weighted by Gasteiger charge is 2.39. The van der Waals surface area contributed by atoms with Gasteiger partial charge in [0.1, 0.15) is 5.75 Å².